The van der Waals surface area contributed by atoms with Gasteiger partial charge >= 0.3 is 5.82 Å². The molecule has 3 aromatic rings. The standard InChI is InChI=1S/C26H17N8O4/c1-31-23(35)15-16(24(31)36)28-20-19(27-15)33(13-9-5-3-6-10-13)21-22(34(20)14-11-7-4-8-12-14)30-18-17(29-21)25(37)32(2)26(18)38/h3-12,19H,1-2H3/q+1. The van der Waals surface area contributed by atoms with Crippen molar-refractivity contribution in [1.29, 1.82) is 0 Å². The second-order valence-corrected chi connectivity index (χ2v) is 8.95. The quantitative estimate of drug-likeness (QED) is 0.379. The summed E-state index contributed by atoms with van der Waals surface area (Å²) in [7, 11) is 2.75. The molecule has 0 N–H and O–H groups in total. The third-order valence-electron chi connectivity index (χ3n) is 6.78. The highest BCUT2D eigenvalue weighted by molar-refractivity contribution is 6.87. The van der Waals surface area contributed by atoms with Gasteiger partial charge in [0.15, 0.2) is 11.4 Å². The zero-order valence-electron chi connectivity index (χ0n) is 20.1. The minimum atomic E-state index is -0.926. The summed E-state index contributed by atoms with van der Waals surface area (Å²) in [6.45, 7) is 0. The summed E-state index contributed by atoms with van der Waals surface area (Å²) in [4.78, 5) is 73.8. The van der Waals surface area contributed by atoms with Crippen molar-refractivity contribution >= 4 is 63.9 Å². The van der Waals surface area contributed by atoms with Crippen LogP contribution in [0.15, 0.2) is 70.6 Å². The lowest BCUT2D eigenvalue weighted by molar-refractivity contribution is -0.133. The molecule has 4 amide bonds. The highest BCUT2D eigenvalue weighted by Crippen LogP contribution is 2.42. The number of benzene rings is 2. The minimum absolute atomic E-state index is 0.0521. The van der Waals surface area contributed by atoms with E-state index in [1.54, 1.807) is 9.48 Å². The molecule has 1 saturated heterocycles. The summed E-state index contributed by atoms with van der Waals surface area (Å²) in [5.41, 5.74) is 0.979. The van der Waals surface area contributed by atoms with Gasteiger partial charge < -0.3 is 0 Å². The van der Waals surface area contributed by atoms with Crippen LogP contribution < -0.4 is 9.48 Å². The van der Waals surface area contributed by atoms with Gasteiger partial charge in [0.05, 0.1) is 0 Å². The second kappa shape index (κ2) is 7.56. The van der Waals surface area contributed by atoms with Crippen molar-refractivity contribution in [2.45, 2.75) is 6.17 Å². The van der Waals surface area contributed by atoms with E-state index in [9.17, 15) is 19.2 Å². The fraction of sp³-hybridized carbons (Fsp3) is 0.115. The van der Waals surface area contributed by atoms with Crippen LogP contribution >= 0.6 is 0 Å². The van der Waals surface area contributed by atoms with Crippen LogP contribution in [0.5, 0.6) is 0 Å². The maximum absolute atomic E-state index is 12.9. The average molecular weight is 505 g/mol. The van der Waals surface area contributed by atoms with E-state index in [4.69, 9.17) is 4.99 Å². The summed E-state index contributed by atoms with van der Waals surface area (Å²) in [5.74, 6) is -1.48. The number of carbonyl (C=O) groups excluding carboxylic acids is 4. The number of fused-ring (bicyclic) bond motifs is 4. The molecule has 0 saturated carbocycles. The highest BCUT2D eigenvalue weighted by atomic mass is 16.2. The van der Waals surface area contributed by atoms with Crippen molar-refractivity contribution in [3.8, 4) is 0 Å². The SMILES string of the molecule is CN1C(=O)C2=NC3=[N+](c4ccccc4)c4nc5c(nc4N(c4ccccc4)C3N=C2C1=O)C(=O)N(C)C5=O. The van der Waals surface area contributed by atoms with E-state index in [1.807, 2.05) is 60.7 Å². The van der Waals surface area contributed by atoms with Crippen molar-refractivity contribution < 1.29 is 19.2 Å². The van der Waals surface area contributed by atoms with Crippen molar-refractivity contribution in [1.82, 2.24) is 24.3 Å². The summed E-state index contributed by atoms with van der Waals surface area (Å²) < 4.78 is 1.66. The molecule has 4 aliphatic heterocycles. The number of carbonyl (C=O) groups is 4. The van der Waals surface area contributed by atoms with Gasteiger partial charge in [0, 0.05) is 19.8 Å². The molecular weight excluding hydrogens is 488 g/mol. The maximum Gasteiger partial charge on any atom is 0.312 e. The topological polar surface area (TPSA) is 132 Å². The Morgan fingerprint density at radius 2 is 1.29 bits per heavy atom. The number of aromatic nitrogens is 2. The van der Waals surface area contributed by atoms with Crippen LogP contribution in [-0.2, 0) is 9.59 Å². The molecule has 4 aliphatic rings. The molecular formula is C26H17N8O4+. The monoisotopic (exact) mass is 505 g/mol. The average Bonchev–Trinajstić information content (AvgIpc) is 3.29. The summed E-state index contributed by atoms with van der Waals surface area (Å²) in [5, 5.41) is 0. The van der Waals surface area contributed by atoms with E-state index in [1.165, 1.54) is 14.1 Å². The van der Waals surface area contributed by atoms with E-state index in [2.05, 4.69) is 15.0 Å². The van der Waals surface area contributed by atoms with Crippen LogP contribution in [0, 0.1) is 0 Å². The Hall–Kier alpha value is -5.39. The molecule has 5 heterocycles. The lowest BCUT2D eigenvalue weighted by Gasteiger charge is -2.34. The van der Waals surface area contributed by atoms with Crippen LogP contribution in [0.3, 0.4) is 0 Å². The first-order chi connectivity index (χ1) is 18.4. The Labute approximate surface area is 214 Å². The Morgan fingerprint density at radius 1 is 0.711 bits per heavy atom. The molecule has 0 radical (unpaired) electrons. The molecule has 0 spiro atoms. The van der Waals surface area contributed by atoms with Crippen LogP contribution in [0.4, 0.5) is 23.0 Å². The Kier molecular flexibility index (Phi) is 4.35. The zero-order valence-corrected chi connectivity index (χ0v) is 20.1. The largest absolute Gasteiger partial charge is 0.312 e. The number of nitrogens with zero attached hydrogens (tertiary/aromatic N) is 8. The van der Waals surface area contributed by atoms with Gasteiger partial charge in [0.25, 0.3) is 29.5 Å². The smallest absolute Gasteiger partial charge is 0.289 e. The molecule has 7 rings (SSSR count). The summed E-state index contributed by atoms with van der Waals surface area (Å²) in [6, 6.07) is 18.2. The molecule has 0 bridgehead atoms. The molecule has 1 aromatic heterocycles. The number of aliphatic imine (C=N–C) groups is 2. The van der Waals surface area contributed by atoms with Gasteiger partial charge in [-0.05, 0) is 24.3 Å². The van der Waals surface area contributed by atoms with E-state index >= 15 is 0 Å². The van der Waals surface area contributed by atoms with Crippen LogP contribution in [0.2, 0.25) is 0 Å². The Balaban J connectivity index is 1.60. The zero-order chi connectivity index (χ0) is 26.3. The van der Waals surface area contributed by atoms with E-state index in [0.717, 1.165) is 9.80 Å². The number of amidine groups is 1. The Morgan fingerprint density at radius 3 is 1.97 bits per heavy atom. The number of hydrogen-bond donors (Lipinski definition) is 0. The van der Waals surface area contributed by atoms with Gasteiger partial charge in [-0.3, -0.25) is 33.9 Å². The molecule has 2 aromatic carbocycles. The number of hydrogen-bond acceptors (Lipinski definition) is 9. The van der Waals surface area contributed by atoms with Crippen molar-refractivity contribution in [3.63, 3.8) is 0 Å². The lowest BCUT2D eigenvalue weighted by atomic mass is 10.1. The minimum Gasteiger partial charge on any atom is -0.289 e. The number of rotatable bonds is 2. The van der Waals surface area contributed by atoms with Crippen LogP contribution in [0.25, 0.3) is 0 Å². The van der Waals surface area contributed by atoms with Gasteiger partial charge in [-0.2, -0.15) is 4.58 Å². The third kappa shape index (κ3) is 2.76. The van der Waals surface area contributed by atoms with E-state index < -0.39 is 29.8 Å². The van der Waals surface area contributed by atoms with E-state index in [0.29, 0.717) is 17.2 Å². The number of likely N-dealkylation sites (tertiary alicyclic amines) is 1. The number of amides is 4. The van der Waals surface area contributed by atoms with Gasteiger partial charge in [-0.15, -0.1) is 0 Å². The van der Waals surface area contributed by atoms with Crippen molar-refractivity contribution in [2.75, 3.05) is 19.0 Å². The second-order valence-electron chi connectivity index (χ2n) is 8.95. The molecule has 12 nitrogen and oxygen atoms in total. The van der Waals surface area contributed by atoms with Crippen LogP contribution in [0.1, 0.15) is 21.0 Å². The molecule has 12 heteroatoms. The highest BCUT2D eigenvalue weighted by Gasteiger charge is 2.52. The van der Waals surface area contributed by atoms with Gasteiger partial charge in [0.2, 0.25) is 23.4 Å². The van der Waals surface area contributed by atoms with Gasteiger partial charge in [-0.1, -0.05) is 46.4 Å². The maximum atomic E-state index is 12.9. The first-order valence-electron chi connectivity index (χ1n) is 11.7. The number of imide groups is 2. The fourth-order valence-electron chi connectivity index (χ4n) is 4.87. The number of anilines is 2. The molecule has 1 unspecified atom stereocenters. The van der Waals surface area contributed by atoms with Crippen LogP contribution in [-0.4, -0.2) is 80.9 Å². The lowest BCUT2D eigenvalue weighted by Crippen LogP contribution is -2.49. The molecule has 0 aliphatic carbocycles. The third-order valence-corrected chi connectivity index (χ3v) is 6.78. The fourth-order valence-corrected chi connectivity index (χ4v) is 4.87. The van der Waals surface area contributed by atoms with Crippen molar-refractivity contribution in [2.24, 2.45) is 9.98 Å². The predicted molar refractivity (Wildman–Crippen MR) is 136 cm³/mol. The normalized spacial score (nSPS) is 19.8. The summed E-state index contributed by atoms with van der Waals surface area (Å²) >= 11 is 0. The van der Waals surface area contributed by atoms with Gasteiger partial charge in [-0.25, -0.2) is 9.98 Å². The van der Waals surface area contributed by atoms with Crippen molar-refractivity contribution in [3.05, 3.63) is 72.1 Å². The first kappa shape index (κ1) is 21.9. The first-order valence-corrected chi connectivity index (χ1v) is 11.7. The van der Waals surface area contributed by atoms with Gasteiger partial charge in [0.1, 0.15) is 5.69 Å². The predicted octanol–water partition coefficient (Wildman–Crippen LogP) is 1.31. The molecule has 1 atom stereocenters. The number of para-hydroxylation sites is 2. The molecule has 38 heavy (non-hydrogen) atoms. The Bertz CT molecular complexity index is 1730. The summed E-state index contributed by atoms with van der Waals surface area (Å²) in [6.07, 6.45) is -0.926. The molecule has 184 valence electrons. The van der Waals surface area contributed by atoms with E-state index in [-0.39, 0.29) is 34.4 Å². The molecule has 1 fully saturated rings.